The van der Waals surface area contributed by atoms with Crippen LogP contribution in [-0.4, -0.2) is 36.9 Å². The van der Waals surface area contributed by atoms with Gasteiger partial charge in [-0.2, -0.15) is 4.31 Å². The molecule has 0 radical (unpaired) electrons. The third kappa shape index (κ3) is 2.79. The first-order chi connectivity index (χ1) is 9.34. The number of carboxylic acids is 1. The van der Waals surface area contributed by atoms with Crippen molar-refractivity contribution in [3.8, 4) is 0 Å². The van der Waals surface area contributed by atoms with Crippen LogP contribution in [0.25, 0.3) is 0 Å². The maximum atomic E-state index is 13.9. The van der Waals surface area contributed by atoms with Gasteiger partial charge in [-0.05, 0) is 25.0 Å². The molecule has 0 amide bonds. The summed E-state index contributed by atoms with van der Waals surface area (Å²) in [7, 11) is -4.03. The summed E-state index contributed by atoms with van der Waals surface area (Å²) in [6, 6.07) is 1.51. The highest BCUT2D eigenvalue weighted by molar-refractivity contribution is 7.89. The Morgan fingerprint density at radius 2 is 1.85 bits per heavy atom. The molecule has 1 fully saturated rings. The van der Waals surface area contributed by atoms with E-state index in [0.717, 1.165) is 18.6 Å². The fourth-order valence-electron chi connectivity index (χ4n) is 2.14. The molecule has 20 heavy (non-hydrogen) atoms. The van der Waals surface area contributed by atoms with Gasteiger partial charge in [0, 0.05) is 13.1 Å². The molecule has 8 heteroatoms. The van der Waals surface area contributed by atoms with Gasteiger partial charge >= 0.3 is 5.97 Å². The van der Waals surface area contributed by atoms with E-state index in [1.807, 2.05) is 0 Å². The second-order valence-electron chi connectivity index (χ2n) is 4.53. The van der Waals surface area contributed by atoms with Crippen molar-refractivity contribution in [2.45, 2.75) is 24.2 Å². The topological polar surface area (TPSA) is 74.7 Å². The molecule has 0 saturated carbocycles. The van der Waals surface area contributed by atoms with E-state index in [9.17, 15) is 17.6 Å². The number of piperidine rings is 1. The van der Waals surface area contributed by atoms with Gasteiger partial charge in [0.15, 0.2) is 0 Å². The van der Waals surface area contributed by atoms with Gasteiger partial charge in [0.1, 0.15) is 10.7 Å². The molecule has 110 valence electrons. The fraction of sp³-hybridized carbons (Fsp3) is 0.417. The van der Waals surface area contributed by atoms with Crippen molar-refractivity contribution in [1.29, 1.82) is 0 Å². The van der Waals surface area contributed by atoms with Gasteiger partial charge in [0.05, 0.1) is 10.6 Å². The number of sulfonamides is 1. The number of hydrogen-bond acceptors (Lipinski definition) is 3. The van der Waals surface area contributed by atoms with Crippen molar-refractivity contribution in [3.63, 3.8) is 0 Å². The molecule has 1 aromatic carbocycles. The highest BCUT2D eigenvalue weighted by Crippen LogP contribution is 2.27. The van der Waals surface area contributed by atoms with Crippen LogP contribution < -0.4 is 0 Å². The van der Waals surface area contributed by atoms with Crippen molar-refractivity contribution < 1.29 is 22.7 Å². The molecule has 1 N–H and O–H groups in total. The van der Waals surface area contributed by atoms with Crippen LogP contribution in [0.15, 0.2) is 17.0 Å². The van der Waals surface area contributed by atoms with Gasteiger partial charge in [0.2, 0.25) is 10.0 Å². The van der Waals surface area contributed by atoms with E-state index in [2.05, 4.69) is 0 Å². The van der Waals surface area contributed by atoms with Crippen molar-refractivity contribution >= 4 is 27.6 Å². The maximum Gasteiger partial charge on any atom is 0.337 e. The first-order valence-electron chi connectivity index (χ1n) is 6.06. The number of carboxylic acid groups (broad SMARTS) is 1. The summed E-state index contributed by atoms with van der Waals surface area (Å²) in [5, 5.41) is 8.62. The van der Waals surface area contributed by atoms with E-state index in [1.165, 1.54) is 4.31 Å². The minimum Gasteiger partial charge on any atom is -0.478 e. The van der Waals surface area contributed by atoms with Crippen molar-refractivity contribution in [2.24, 2.45) is 0 Å². The molecule has 2 rings (SSSR count). The monoisotopic (exact) mass is 321 g/mol. The van der Waals surface area contributed by atoms with E-state index < -0.39 is 32.3 Å². The standard InChI is InChI=1S/C12H13ClFNO4S/c13-9-7-10(14)11(6-8(9)12(16)17)20(18,19)15-4-2-1-3-5-15/h6-7H,1-5H2,(H,16,17). The predicted octanol–water partition coefficient (Wildman–Crippen LogP) is 2.35. The number of benzene rings is 1. The zero-order chi connectivity index (χ0) is 14.9. The van der Waals surface area contributed by atoms with E-state index in [4.69, 9.17) is 16.7 Å². The maximum absolute atomic E-state index is 13.9. The lowest BCUT2D eigenvalue weighted by molar-refractivity contribution is 0.0696. The third-order valence-electron chi connectivity index (χ3n) is 3.18. The average molecular weight is 322 g/mol. The van der Waals surface area contributed by atoms with Crippen LogP contribution in [0, 0.1) is 5.82 Å². The molecule has 0 unspecified atom stereocenters. The highest BCUT2D eigenvalue weighted by atomic mass is 35.5. The zero-order valence-electron chi connectivity index (χ0n) is 10.5. The summed E-state index contributed by atoms with van der Waals surface area (Å²) in [4.78, 5) is 10.3. The number of hydrogen-bond donors (Lipinski definition) is 1. The lowest BCUT2D eigenvalue weighted by atomic mass is 10.2. The smallest absolute Gasteiger partial charge is 0.337 e. The van der Waals surface area contributed by atoms with Crippen LogP contribution in [0.4, 0.5) is 4.39 Å². The summed E-state index contributed by atoms with van der Waals surface area (Å²) in [6.45, 7) is 0.625. The normalized spacial score (nSPS) is 17.1. The van der Waals surface area contributed by atoms with Crippen LogP contribution >= 0.6 is 11.6 Å². The highest BCUT2D eigenvalue weighted by Gasteiger charge is 2.30. The summed E-state index contributed by atoms with van der Waals surface area (Å²) < 4.78 is 39.7. The zero-order valence-corrected chi connectivity index (χ0v) is 12.0. The van der Waals surface area contributed by atoms with Crippen molar-refractivity contribution in [3.05, 3.63) is 28.5 Å². The Bertz CT molecular complexity index is 641. The van der Waals surface area contributed by atoms with Gasteiger partial charge in [-0.3, -0.25) is 0 Å². The van der Waals surface area contributed by atoms with Gasteiger partial charge in [-0.1, -0.05) is 18.0 Å². The Balaban J connectivity index is 2.50. The Kier molecular flexibility index (Phi) is 4.31. The lowest BCUT2D eigenvalue weighted by Crippen LogP contribution is -2.36. The van der Waals surface area contributed by atoms with Crippen molar-refractivity contribution in [1.82, 2.24) is 4.31 Å². The number of carbonyl (C=O) groups is 1. The molecular formula is C12H13ClFNO4S. The number of aromatic carboxylic acids is 1. The first kappa shape index (κ1) is 15.2. The molecule has 0 atom stereocenters. The minimum atomic E-state index is -4.03. The number of nitrogens with zero attached hydrogens (tertiary/aromatic N) is 1. The third-order valence-corrected chi connectivity index (χ3v) is 5.41. The van der Waals surface area contributed by atoms with Gasteiger partial charge in [0.25, 0.3) is 0 Å². The molecule has 0 aromatic heterocycles. The predicted molar refractivity (Wildman–Crippen MR) is 71.0 cm³/mol. The first-order valence-corrected chi connectivity index (χ1v) is 7.88. The van der Waals surface area contributed by atoms with Crippen LogP contribution in [0.1, 0.15) is 29.6 Å². The number of halogens is 2. The van der Waals surface area contributed by atoms with Gasteiger partial charge < -0.3 is 5.11 Å². The van der Waals surface area contributed by atoms with Crippen LogP contribution in [0.5, 0.6) is 0 Å². The molecule has 1 saturated heterocycles. The summed E-state index contributed by atoms with van der Waals surface area (Å²) in [5.74, 6) is -2.43. The molecule has 1 aliphatic rings. The second-order valence-corrected chi connectivity index (χ2v) is 6.85. The minimum absolute atomic E-state index is 0.312. The molecule has 1 heterocycles. The van der Waals surface area contributed by atoms with E-state index in [-0.39, 0.29) is 5.02 Å². The van der Waals surface area contributed by atoms with E-state index in [0.29, 0.717) is 25.9 Å². The molecule has 1 aromatic rings. The van der Waals surface area contributed by atoms with Gasteiger partial charge in [-0.15, -0.1) is 0 Å². The Morgan fingerprint density at radius 3 is 2.40 bits per heavy atom. The molecule has 1 aliphatic heterocycles. The molecule has 0 spiro atoms. The summed E-state index contributed by atoms with van der Waals surface area (Å²) in [5.41, 5.74) is -0.427. The lowest BCUT2D eigenvalue weighted by Gasteiger charge is -2.26. The van der Waals surface area contributed by atoms with E-state index in [1.54, 1.807) is 0 Å². The van der Waals surface area contributed by atoms with Crippen LogP contribution in [0.3, 0.4) is 0 Å². The number of rotatable bonds is 3. The largest absolute Gasteiger partial charge is 0.478 e. The molecule has 0 aliphatic carbocycles. The fourth-order valence-corrected chi connectivity index (χ4v) is 3.96. The quantitative estimate of drug-likeness (QED) is 0.927. The van der Waals surface area contributed by atoms with E-state index >= 15 is 0 Å². The average Bonchev–Trinajstić information content (AvgIpc) is 2.39. The molecular weight excluding hydrogens is 309 g/mol. The SMILES string of the molecule is O=C(O)c1cc(S(=O)(=O)N2CCCCC2)c(F)cc1Cl. The Labute approximate surface area is 121 Å². The van der Waals surface area contributed by atoms with Crippen molar-refractivity contribution in [2.75, 3.05) is 13.1 Å². The van der Waals surface area contributed by atoms with Gasteiger partial charge in [-0.25, -0.2) is 17.6 Å². The molecule has 0 bridgehead atoms. The van der Waals surface area contributed by atoms with Crippen LogP contribution in [-0.2, 0) is 10.0 Å². The molecule has 5 nitrogen and oxygen atoms in total. The Hall–Kier alpha value is -1.18. The van der Waals surface area contributed by atoms with Crippen LogP contribution in [0.2, 0.25) is 5.02 Å². The Morgan fingerprint density at radius 1 is 1.25 bits per heavy atom. The second kappa shape index (κ2) is 5.67. The summed E-state index contributed by atoms with van der Waals surface area (Å²) >= 11 is 5.60. The summed E-state index contributed by atoms with van der Waals surface area (Å²) in [6.07, 6.45) is 2.34.